The van der Waals surface area contributed by atoms with Crippen LogP contribution in [0, 0.1) is 5.92 Å². The number of carboxylic acid groups (broad SMARTS) is 1. The summed E-state index contributed by atoms with van der Waals surface area (Å²) in [5.41, 5.74) is 1.97. The number of likely N-dealkylation sites (tertiary alicyclic amines) is 1. The van der Waals surface area contributed by atoms with Crippen molar-refractivity contribution in [2.75, 3.05) is 13.1 Å². The molecule has 136 valence electrons. The second-order valence-corrected chi connectivity index (χ2v) is 6.79. The third-order valence-corrected chi connectivity index (χ3v) is 4.71. The normalized spacial score (nSPS) is 16.7. The molecule has 0 saturated carbocycles. The zero-order valence-corrected chi connectivity index (χ0v) is 15.0. The Morgan fingerprint density at radius 2 is 2.00 bits per heavy atom. The number of hydrogen-bond acceptors (Lipinski definition) is 3. The van der Waals surface area contributed by atoms with Gasteiger partial charge >= 0.3 is 5.97 Å². The molecule has 2 aromatic carbocycles. The highest BCUT2D eigenvalue weighted by Gasteiger charge is 2.33. The van der Waals surface area contributed by atoms with E-state index >= 15 is 0 Å². The molecule has 3 rings (SSSR count). The maximum Gasteiger partial charge on any atom is 0.308 e. The zero-order valence-electron chi connectivity index (χ0n) is 14.2. The van der Waals surface area contributed by atoms with Gasteiger partial charge < -0.3 is 14.7 Å². The van der Waals surface area contributed by atoms with Crippen molar-refractivity contribution in [3.05, 3.63) is 64.7 Å². The number of ether oxygens (including phenoxy) is 1. The summed E-state index contributed by atoms with van der Waals surface area (Å²) in [6.07, 6.45) is 0.630. The van der Waals surface area contributed by atoms with Crippen LogP contribution in [0.5, 0.6) is 5.75 Å². The van der Waals surface area contributed by atoms with Gasteiger partial charge in [0.25, 0.3) is 0 Å². The number of nitrogens with zero attached hydrogens (tertiary/aromatic N) is 1. The lowest BCUT2D eigenvalue weighted by atomic mass is 10.1. The number of benzene rings is 2. The number of hydrogen-bond donors (Lipinski definition) is 1. The molecule has 6 heteroatoms. The molecule has 1 N–H and O–H groups in total. The lowest BCUT2D eigenvalue weighted by Crippen LogP contribution is -2.28. The van der Waals surface area contributed by atoms with Gasteiger partial charge in [0.2, 0.25) is 5.91 Å². The summed E-state index contributed by atoms with van der Waals surface area (Å²) in [6, 6.07) is 15.3. The second-order valence-electron chi connectivity index (χ2n) is 6.36. The summed E-state index contributed by atoms with van der Waals surface area (Å²) in [5.74, 6) is -0.933. The predicted octanol–water partition coefficient (Wildman–Crippen LogP) is 3.39. The Kier molecular flexibility index (Phi) is 5.78. The number of amides is 1. The van der Waals surface area contributed by atoms with E-state index in [1.807, 2.05) is 42.5 Å². The minimum atomic E-state index is -0.921. The molecule has 26 heavy (non-hydrogen) atoms. The van der Waals surface area contributed by atoms with Crippen molar-refractivity contribution in [3.8, 4) is 5.75 Å². The zero-order chi connectivity index (χ0) is 18.5. The van der Waals surface area contributed by atoms with Gasteiger partial charge in [-0.3, -0.25) is 9.59 Å². The highest BCUT2D eigenvalue weighted by molar-refractivity contribution is 6.30. The molecule has 1 aliphatic rings. The van der Waals surface area contributed by atoms with E-state index in [-0.39, 0.29) is 18.9 Å². The highest BCUT2D eigenvalue weighted by atomic mass is 35.5. The van der Waals surface area contributed by atoms with Crippen LogP contribution in [0.2, 0.25) is 5.02 Å². The summed E-state index contributed by atoms with van der Waals surface area (Å²) in [7, 11) is 0. The van der Waals surface area contributed by atoms with Crippen LogP contribution in [0.4, 0.5) is 0 Å². The summed E-state index contributed by atoms with van der Waals surface area (Å²) in [5, 5.41) is 9.68. The van der Waals surface area contributed by atoms with Crippen molar-refractivity contribution < 1.29 is 19.4 Å². The van der Waals surface area contributed by atoms with Crippen molar-refractivity contribution in [2.45, 2.75) is 19.4 Å². The van der Waals surface area contributed by atoms with Crippen LogP contribution in [0.15, 0.2) is 48.5 Å². The SMILES string of the molecule is O=C(O)C1CC(=O)N(CCc2cc(Cl)ccc2OCc2ccccc2)C1. The Bertz CT molecular complexity index is 794. The van der Waals surface area contributed by atoms with Gasteiger partial charge in [-0.15, -0.1) is 0 Å². The second kappa shape index (κ2) is 8.23. The Balaban J connectivity index is 1.64. The molecular weight excluding hydrogens is 354 g/mol. The van der Waals surface area contributed by atoms with E-state index in [1.165, 1.54) is 0 Å². The van der Waals surface area contributed by atoms with E-state index in [2.05, 4.69) is 0 Å². The third kappa shape index (κ3) is 4.55. The van der Waals surface area contributed by atoms with Gasteiger partial charge in [0, 0.05) is 24.5 Å². The molecule has 1 saturated heterocycles. The topological polar surface area (TPSA) is 66.8 Å². The molecule has 1 heterocycles. The van der Waals surface area contributed by atoms with Crippen LogP contribution < -0.4 is 4.74 Å². The molecule has 0 aromatic heterocycles. The van der Waals surface area contributed by atoms with Gasteiger partial charge in [0.15, 0.2) is 0 Å². The van der Waals surface area contributed by atoms with Gasteiger partial charge in [-0.25, -0.2) is 0 Å². The molecule has 1 atom stereocenters. The highest BCUT2D eigenvalue weighted by Crippen LogP contribution is 2.26. The number of rotatable bonds is 7. The molecule has 1 fully saturated rings. The smallest absolute Gasteiger partial charge is 0.308 e. The van der Waals surface area contributed by atoms with E-state index in [4.69, 9.17) is 21.4 Å². The lowest BCUT2D eigenvalue weighted by Gasteiger charge is -2.18. The Morgan fingerprint density at radius 3 is 2.69 bits per heavy atom. The summed E-state index contributed by atoms with van der Waals surface area (Å²) < 4.78 is 5.92. The van der Waals surface area contributed by atoms with E-state index in [0.717, 1.165) is 16.9 Å². The first-order valence-corrected chi connectivity index (χ1v) is 8.86. The largest absolute Gasteiger partial charge is 0.489 e. The first-order chi connectivity index (χ1) is 12.5. The number of carbonyl (C=O) groups excluding carboxylic acids is 1. The maximum atomic E-state index is 12.0. The van der Waals surface area contributed by atoms with Gasteiger partial charge in [-0.1, -0.05) is 41.9 Å². The summed E-state index contributed by atoms with van der Waals surface area (Å²) in [6.45, 7) is 1.15. The number of aliphatic carboxylic acids is 1. The molecule has 1 amide bonds. The van der Waals surface area contributed by atoms with E-state index in [0.29, 0.717) is 24.6 Å². The van der Waals surface area contributed by atoms with Crippen molar-refractivity contribution in [1.29, 1.82) is 0 Å². The molecule has 1 unspecified atom stereocenters. The summed E-state index contributed by atoms with van der Waals surface area (Å²) in [4.78, 5) is 24.6. The molecular formula is C20H20ClNO4. The average Bonchev–Trinajstić information content (AvgIpc) is 3.01. The number of carbonyl (C=O) groups is 2. The molecule has 0 spiro atoms. The summed E-state index contributed by atoms with van der Waals surface area (Å²) >= 11 is 6.11. The molecule has 0 aliphatic carbocycles. The van der Waals surface area contributed by atoms with Crippen molar-refractivity contribution in [3.63, 3.8) is 0 Å². The Morgan fingerprint density at radius 1 is 1.23 bits per heavy atom. The molecule has 0 bridgehead atoms. The lowest BCUT2D eigenvalue weighted by molar-refractivity contribution is -0.141. The van der Waals surface area contributed by atoms with Crippen LogP contribution in [-0.2, 0) is 22.6 Å². The van der Waals surface area contributed by atoms with Crippen molar-refractivity contribution in [1.82, 2.24) is 4.90 Å². The van der Waals surface area contributed by atoms with Crippen LogP contribution in [0.1, 0.15) is 17.5 Å². The fraction of sp³-hybridized carbons (Fsp3) is 0.300. The Labute approximate surface area is 157 Å². The molecule has 5 nitrogen and oxygen atoms in total. The predicted molar refractivity (Wildman–Crippen MR) is 98.3 cm³/mol. The molecule has 2 aromatic rings. The average molecular weight is 374 g/mol. The minimum absolute atomic E-state index is 0.0717. The van der Waals surface area contributed by atoms with Gasteiger partial charge in [0.05, 0.1) is 5.92 Å². The fourth-order valence-corrected chi connectivity index (χ4v) is 3.22. The first-order valence-electron chi connectivity index (χ1n) is 8.48. The van der Waals surface area contributed by atoms with E-state index < -0.39 is 11.9 Å². The number of carboxylic acids is 1. The van der Waals surface area contributed by atoms with E-state index in [9.17, 15) is 9.59 Å². The number of halogens is 1. The molecule has 1 aliphatic heterocycles. The van der Waals surface area contributed by atoms with Crippen molar-refractivity contribution in [2.24, 2.45) is 5.92 Å². The minimum Gasteiger partial charge on any atom is -0.489 e. The third-order valence-electron chi connectivity index (χ3n) is 4.47. The van der Waals surface area contributed by atoms with Gasteiger partial charge in [0.1, 0.15) is 12.4 Å². The van der Waals surface area contributed by atoms with Crippen LogP contribution in [0.25, 0.3) is 0 Å². The monoisotopic (exact) mass is 373 g/mol. The van der Waals surface area contributed by atoms with Crippen LogP contribution >= 0.6 is 11.6 Å². The van der Waals surface area contributed by atoms with Crippen LogP contribution in [-0.4, -0.2) is 35.0 Å². The maximum absolute atomic E-state index is 12.0. The van der Waals surface area contributed by atoms with E-state index in [1.54, 1.807) is 11.0 Å². The molecule has 0 radical (unpaired) electrons. The fourth-order valence-electron chi connectivity index (χ4n) is 3.03. The van der Waals surface area contributed by atoms with Crippen LogP contribution in [0.3, 0.4) is 0 Å². The van der Waals surface area contributed by atoms with Crippen molar-refractivity contribution >= 4 is 23.5 Å². The Hall–Kier alpha value is -2.53. The first kappa shape index (κ1) is 18.3. The van der Waals surface area contributed by atoms with Gasteiger partial charge in [-0.05, 0) is 35.7 Å². The quantitative estimate of drug-likeness (QED) is 0.807. The van der Waals surface area contributed by atoms with Gasteiger partial charge in [-0.2, -0.15) is 0 Å². The standard InChI is InChI=1S/C20H20ClNO4/c21-17-6-7-18(26-13-14-4-2-1-3-5-14)15(10-17)8-9-22-12-16(20(24)25)11-19(22)23/h1-7,10,16H,8-9,11-13H2,(H,24,25).